The molecule has 1 aliphatic heterocycles. The van der Waals surface area contributed by atoms with Gasteiger partial charge in [0.05, 0.1) is 11.9 Å². The van der Waals surface area contributed by atoms with Gasteiger partial charge in [-0.05, 0) is 38.3 Å². The van der Waals surface area contributed by atoms with E-state index in [0.717, 1.165) is 31.5 Å². The number of likely N-dealkylation sites (tertiary alicyclic amines) is 1. The van der Waals surface area contributed by atoms with Gasteiger partial charge >= 0.3 is 0 Å². The average Bonchev–Trinajstić information content (AvgIpc) is 2.84. The lowest BCUT2D eigenvalue weighted by Gasteiger charge is -2.20. The lowest BCUT2D eigenvalue weighted by Crippen LogP contribution is -2.33. The number of hydrogen-bond acceptors (Lipinski definition) is 6. The molecule has 0 aromatic carbocycles. The number of aromatic nitrogens is 2. The number of nitrogens with one attached hydrogen (secondary N) is 1. The number of nitrogens with zero attached hydrogens (tertiary/aromatic N) is 3. The SMILES string of the molecule is Cc1ocnc1C(=O)N1CCCC(Nc2ccc(N)nc2)CC1. The Bertz CT molecular complexity index is 667. The molecule has 23 heavy (non-hydrogen) atoms. The van der Waals surface area contributed by atoms with Gasteiger partial charge in [0.25, 0.3) is 5.91 Å². The molecule has 1 saturated heterocycles. The molecule has 1 fully saturated rings. The fourth-order valence-electron chi connectivity index (χ4n) is 2.83. The molecule has 0 aliphatic carbocycles. The van der Waals surface area contributed by atoms with Crippen molar-refractivity contribution in [2.45, 2.75) is 32.2 Å². The number of rotatable bonds is 3. The molecule has 0 spiro atoms. The monoisotopic (exact) mass is 315 g/mol. The molecule has 7 heteroatoms. The molecule has 3 heterocycles. The zero-order valence-electron chi connectivity index (χ0n) is 13.2. The molecule has 122 valence electrons. The molecule has 3 rings (SSSR count). The lowest BCUT2D eigenvalue weighted by molar-refractivity contribution is 0.0754. The highest BCUT2D eigenvalue weighted by molar-refractivity contribution is 5.93. The number of amides is 1. The van der Waals surface area contributed by atoms with Crippen LogP contribution in [0, 0.1) is 6.92 Å². The number of carbonyl (C=O) groups is 1. The number of aryl methyl sites for hydroxylation is 1. The van der Waals surface area contributed by atoms with Gasteiger partial charge in [0.2, 0.25) is 0 Å². The molecular weight excluding hydrogens is 294 g/mol. The quantitative estimate of drug-likeness (QED) is 0.900. The van der Waals surface area contributed by atoms with Crippen LogP contribution in [0.25, 0.3) is 0 Å². The van der Waals surface area contributed by atoms with E-state index in [9.17, 15) is 4.79 Å². The van der Waals surface area contributed by atoms with Crippen LogP contribution < -0.4 is 11.1 Å². The molecule has 2 aromatic heterocycles. The summed E-state index contributed by atoms with van der Waals surface area (Å²) in [7, 11) is 0. The van der Waals surface area contributed by atoms with Gasteiger partial charge in [0, 0.05) is 19.1 Å². The molecule has 2 aromatic rings. The number of anilines is 2. The number of hydrogen-bond donors (Lipinski definition) is 2. The van der Waals surface area contributed by atoms with Gasteiger partial charge in [-0.1, -0.05) is 0 Å². The fourth-order valence-corrected chi connectivity index (χ4v) is 2.83. The predicted octanol–water partition coefficient (Wildman–Crippen LogP) is 2.07. The summed E-state index contributed by atoms with van der Waals surface area (Å²) in [6.45, 7) is 3.20. The first-order valence-corrected chi connectivity index (χ1v) is 7.81. The van der Waals surface area contributed by atoms with Gasteiger partial charge in [0.1, 0.15) is 11.6 Å². The maximum Gasteiger partial charge on any atom is 0.276 e. The smallest absolute Gasteiger partial charge is 0.276 e. The predicted molar refractivity (Wildman–Crippen MR) is 87.1 cm³/mol. The summed E-state index contributed by atoms with van der Waals surface area (Å²) in [5.41, 5.74) is 6.97. The van der Waals surface area contributed by atoms with Crippen LogP contribution in [0.3, 0.4) is 0 Å². The minimum absolute atomic E-state index is 0.0500. The summed E-state index contributed by atoms with van der Waals surface area (Å²) < 4.78 is 5.13. The molecule has 1 aliphatic rings. The van der Waals surface area contributed by atoms with Crippen LogP contribution in [0.15, 0.2) is 29.1 Å². The lowest BCUT2D eigenvalue weighted by atomic mass is 10.1. The van der Waals surface area contributed by atoms with Crippen molar-refractivity contribution in [2.75, 3.05) is 24.1 Å². The number of nitrogen functional groups attached to an aromatic ring is 1. The molecule has 3 N–H and O–H groups in total. The first kappa shape index (κ1) is 15.3. The van der Waals surface area contributed by atoms with Crippen LogP contribution in [-0.2, 0) is 0 Å². The van der Waals surface area contributed by atoms with E-state index >= 15 is 0 Å². The Morgan fingerprint density at radius 1 is 1.35 bits per heavy atom. The summed E-state index contributed by atoms with van der Waals surface area (Å²) in [5.74, 6) is 1.03. The number of oxazole rings is 1. The fraction of sp³-hybridized carbons (Fsp3) is 0.438. The zero-order chi connectivity index (χ0) is 16.2. The van der Waals surface area contributed by atoms with Gasteiger partial charge in [-0.3, -0.25) is 4.79 Å². The van der Waals surface area contributed by atoms with Crippen molar-refractivity contribution < 1.29 is 9.21 Å². The van der Waals surface area contributed by atoms with E-state index in [0.29, 0.717) is 29.9 Å². The highest BCUT2D eigenvalue weighted by atomic mass is 16.3. The van der Waals surface area contributed by atoms with Crippen molar-refractivity contribution in [3.8, 4) is 0 Å². The van der Waals surface area contributed by atoms with Crippen LogP contribution in [0.1, 0.15) is 35.5 Å². The summed E-state index contributed by atoms with van der Waals surface area (Å²) in [6.07, 6.45) is 5.89. The zero-order valence-corrected chi connectivity index (χ0v) is 13.2. The Balaban J connectivity index is 1.60. The van der Waals surface area contributed by atoms with Crippen LogP contribution in [0.4, 0.5) is 11.5 Å². The second-order valence-electron chi connectivity index (χ2n) is 5.79. The summed E-state index contributed by atoms with van der Waals surface area (Å²) in [4.78, 5) is 22.5. The highest BCUT2D eigenvalue weighted by Crippen LogP contribution is 2.19. The Morgan fingerprint density at radius 3 is 2.91 bits per heavy atom. The second-order valence-corrected chi connectivity index (χ2v) is 5.79. The average molecular weight is 315 g/mol. The minimum Gasteiger partial charge on any atom is -0.448 e. The Labute approximate surface area is 134 Å². The second kappa shape index (κ2) is 6.68. The first-order chi connectivity index (χ1) is 11.1. The number of pyridine rings is 1. The van der Waals surface area contributed by atoms with Crippen LogP contribution in [-0.4, -0.2) is 39.9 Å². The number of nitrogens with two attached hydrogens (primary N) is 1. The van der Waals surface area contributed by atoms with Crippen molar-refractivity contribution in [1.82, 2.24) is 14.9 Å². The van der Waals surface area contributed by atoms with Crippen molar-refractivity contribution in [3.63, 3.8) is 0 Å². The van der Waals surface area contributed by atoms with E-state index in [2.05, 4.69) is 15.3 Å². The molecule has 1 atom stereocenters. The third kappa shape index (κ3) is 3.61. The molecule has 1 unspecified atom stereocenters. The van der Waals surface area contributed by atoms with Gasteiger partial charge in [-0.25, -0.2) is 9.97 Å². The van der Waals surface area contributed by atoms with E-state index in [1.807, 2.05) is 11.0 Å². The third-order valence-electron chi connectivity index (χ3n) is 4.12. The molecule has 7 nitrogen and oxygen atoms in total. The van der Waals surface area contributed by atoms with E-state index < -0.39 is 0 Å². The largest absolute Gasteiger partial charge is 0.448 e. The van der Waals surface area contributed by atoms with E-state index in [1.54, 1.807) is 19.2 Å². The topological polar surface area (TPSA) is 97.3 Å². The van der Waals surface area contributed by atoms with Crippen molar-refractivity contribution in [1.29, 1.82) is 0 Å². The summed E-state index contributed by atoms with van der Waals surface area (Å²) in [5, 5.41) is 3.46. The number of carbonyl (C=O) groups excluding carboxylic acids is 1. The summed E-state index contributed by atoms with van der Waals surface area (Å²) >= 11 is 0. The Morgan fingerprint density at radius 2 is 2.22 bits per heavy atom. The molecule has 1 amide bonds. The first-order valence-electron chi connectivity index (χ1n) is 7.81. The van der Waals surface area contributed by atoms with Crippen LogP contribution in [0.2, 0.25) is 0 Å². The van der Waals surface area contributed by atoms with Crippen LogP contribution >= 0.6 is 0 Å². The molecular formula is C16H21N5O2. The molecule has 0 radical (unpaired) electrons. The minimum atomic E-state index is -0.0500. The van der Waals surface area contributed by atoms with Gasteiger partial charge in [-0.15, -0.1) is 0 Å². The third-order valence-corrected chi connectivity index (χ3v) is 4.12. The van der Waals surface area contributed by atoms with Crippen LogP contribution in [0.5, 0.6) is 0 Å². The van der Waals surface area contributed by atoms with Gasteiger partial charge in [-0.2, -0.15) is 0 Å². The van der Waals surface area contributed by atoms with E-state index in [-0.39, 0.29) is 5.91 Å². The standard InChI is InChI=1S/C16H21N5O2/c1-11-15(19-10-23-11)16(22)21-7-2-3-12(6-8-21)20-13-4-5-14(17)18-9-13/h4-5,9-10,12,20H,2-3,6-8H2,1H3,(H2,17,18). The highest BCUT2D eigenvalue weighted by Gasteiger charge is 2.24. The van der Waals surface area contributed by atoms with Crippen molar-refractivity contribution >= 4 is 17.4 Å². The maximum atomic E-state index is 12.5. The molecule has 0 saturated carbocycles. The Kier molecular flexibility index (Phi) is 4.45. The Hall–Kier alpha value is -2.57. The van der Waals surface area contributed by atoms with Gasteiger partial charge in [0.15, 0.2) is 12.1 Å². The van der Waals surface area contributed by atoms with Gasteiger partial charge < -0.3 is 20.4 Å². The normalized spacial score (nSPS) is 18.5. The van der Waals surface area contributed by atoms with Crippen molar-refractivity contribution in [2.24, 2.45) is 0 Å². The van der Waals surface area contributed by atoms with Crippen molar-refractivity contribution in [3.05, 3.63) is 36.2 Å². The van der Waals surface area contributed by atoms with E-state index in [4.69, 9.17) is 10.2 Å². The van der Waals surface area contributed by atoms with E-state index in [1.165, 1.54) is 6.39 Å². The maximum absolute atomic E-state index is 12.5. The molecule has 0 bridgehead atoms. The summed E-state index contributed by atoms with van der Waals surface area (Å²) in [6, 6.07) is 4.02.